The van der Waals surface area contributed by atoms with E-state index in [9.17, 15) is 4.39 Å². The summed E-state index contributed by atoms with van der Waals surface area (Å²) in [6.07, 6.45) is 0.910. The fraction of sp³-hybridized carbons (Fsp3) is 0.174. The molecule has 0 radical (unpaired) electrons. The molecule has 28 heavy (non-hydrogen) atoms. The Kier molecular flexibility index (Phi) is 5.76. The number of nitrogens with one attached hydrogen (secondary N) is 2. The van der Waals surface area contributed by atoms with Crippen LogP contribution >= 0.6 is 0 Å². The van der Waals surface area contributed by atoms with Gasteiger partial charge in [0.15, 0.2) is 0 Å². The van der Waals surface area contributed by atoms with Gasteiger partial charge < -0.3 is 21.2 Å². The average molecular weight is 377 g/mol. The van der Waals surface area contributed by atoms with Gasteiger partial charge in [0.25, 0.3) is 0 Å². The Hall–Kier alpha value is -3.18. The van der Waals surface area contributed by atoms with Gasteiger partial charge in [-0.05, 0) is 61.9 Å². The van der Waals surface area contributed by atoms with Crippen molar-refractivity contribution in [2.45, 2.75) is 25.5 Å². The molecule has 0 bridgehead atoms. The molecule has 4 N–H and O–H groups in total. The van der Waals surface area contributed by atoms with Crippen LogP contribution in [-0.4, -0.2) is 11.8 Å². The van der Waals surface area contributed by atoms with Crippen LogP contribution < -0.4 is 15.8 Å². The van der Waals surface area contributed by atoms with Gasteiger partial charge in [-0.1, -0.05) is 30.3 Å². The molecule has 0 saturated heterocycles. The minimum absolute atomic E-state index is 0.294. The Morgan fingerprint density at radius 2 is 1.71 bits per heavy atom. The predicted molar refractivity (Wildman–Crippen MR) is 112 cm³/mol. The first-order valence-electron chi connectivity index (χ1n) is 9.04. The number of nitrogens with two attached hydrogens (primary N) is 1. The summed E-state index contributed by atoms with van der Waals surface area (Å²) in [4.78, 5) is 0. The van der Waals surface area contributed by atoms with Gasteiger partial charge in [-0.3, -0.25) is 0 Å². The summed E-state index contributed by atoms with van der Waals surface area (Å²) in [6, 6.07) is 21.4. The minimum Gasteiger partial charge on any atom is -0.484 e. The first-order chi connectivity index (χ1) is 13.4. The molecule has 0 aliphatic heterocycles. The van der Waals surface area contributed by atoms with E-state index in [1.807, 2.05) is 56.3 Å². The van der Waals surface area contributed by atoms with Crippen LogP contribution in [0.3, 0.4) is 0 Å². The van der Waals surface area contributed by atoms with E-state index in [0.717, 1.165) is 16.9 Å². The second kappa shape index (κ2) is 8.23. The van der Waals surface area contributed by atoms with E-state index >= 15 is 0 Å². The molecule has 0 spiro atoms. The Balaban J connectivity index is 1.86. The molecule has 3 aromatic rings. The molecule has 3 rings (SSSR count). The second-order valence-electron chi connectivity index (χ2n) is 7.26. The maximum Gasteiger partial charge on any atom is 0.141 e. The third kappa shape index (κ3) is 4.75. The summed E-state index contributed by atoms with van der Waals surface area (Å²) in [7, 11) is 0. The lowest BCUT2D eigenvalue weighted by molar-refractivity contribution is 0.130. The SMILES string of the molecule is CC(C)(N)C(Oc1ccc(Nc2ccc(F)cc2)c(C=N)c1)c1ccccc1. The van der Waals surface area contributed by atoms with Crippen molar-refractivity contribution < 1.29 is 9.13 Å². The second-order valence-corrected chi connectivity index (χ2v) is 7.26. The van der Waals surface area contributed by atoms with Crippen LogP contribution in [0.15, 0.2) is 72.8 Å². The highest BCUT2D eigenvalue weighted by molar-refractivity contribution is 5.88. The molecule has 0 aliphatic rings. The van der Waals surface area contributed by atoms with Crippen LogP contribution in [0, 0.1) is 11.2 Å². The molecule has 0 fully saturated rings. The largest absolute Gasteiger partial charge is 0.484 e. The van der Waals surface area contributed by atoms with Crippen molar-refractivity contribution in [3.05, 3.63) is 89.7 Å². The fourth-order valence-corrected chi connectivity index (χ4v) is 2.95. The Morgan fingerprint density at radius 1 is 1.04 bits per heavy atom. The van der Waals surface area contributed by atoms with E-state index in [2.05, 4.69) is 5.32 Å². The molecule has 4 nitrogen and oxygen atoms in total. The number of rotatable bonds is 7. The predicted octanol–water partition coefficient (Wildman–Crippen LogP) is 5.42. The smallest absolute Gasteiger partial charge is 0.141 e. The number of ether oxygens (including phenoxy) is 1. The van der Waals surface area contributed by atoms with Crippen LogP contribution in [0.2, 0.25) is 0 Å². The maximum absolute atomic E-state index is 13.1. The standard InChI is InChI=1S/C23H24FN3O/c1-23(2,26)22(16-6-4-3-5-7-16)28-20-12-13-21(17(14-20)15-25)27-19-10-8-18(24)9-11-19/h3-15,22,25,27H,26H2,1-2H3. The van der Waals surface area contributed by atoms with Crippen molar-refractivity contribution in [1.82, 2.24) is 0 Å². The van der Waals surface area contributed by atoms with Gasteiger partial charge in [-0.25, -0.2) is 4.39 Å². The third-order valence-corrected chi connectivity index (χ3v) is 4.33. The van der Waals surface area contributed by atoms with Gasteiger partial charge in [-0.15, -0.1) is 0 Å². The Morgan fingerprint density at radius 3 is 2.32 bits per heavy atom. The van der Waals surface area contributed by atoms with Crippen LogP contribution in [0.1, 0.15) is 31.1 Å². The monoisotopic (exact) mass is 377 g/mol. The highest BCUT2D eigenvalue weighted by Gasteiger charge is 2.29. The molecular formula is C23H24FN3O. The summed E-state index contributed by atoms with van der Waals surface area (Å²) >= 11 is 0. The Labute approximate surface area is 164 Å². The van der Waals surface area contributed by atoms with Crippen molar-refractivity contribution >= 4 is 17.6 Å². The van der Waals surface area contributed by atoms with Gasteiger partial charge in [0.1, 0.15) is 17.7 Å². The molecule has 1 unspecified atom stereocenters. The highest BCUT2D eigenvalue weighted by Crippen LogP contribution is 2.32. The summed E-state index contributed by atoms with van der Waals surface area (Å²) in [5, 5.41) is 10.9. The van der Waals surface area contributed by atoms with Crippen molar-refractivity contribution in [1.29, 1.82) is 5.41 Å². The van der Waals surface area contributed by atoms with E-state index in [0.29, 0.717) is 11.3 Å². The van der Waals surface area contributed by atoms with Gasteiger partial charge >= 0.3 is 0 Å². The fourth-order valence-electron chi connectivity index (χ4n) is 2.95. The normalized spacial score (nSPS) is 12.3. The number of halogens is 1. The maximum atomic E-state index is 13.1. The molecule has 0 saturated carbocycles. The summed E-state index contributed by atoms with van der Waals surface area (Å²) < 4.78 is 19.3. The lowest BCUT2D eigenvalue weighted by atomic mass is 9.92. The van der Waals surface area contributed by atoms with Gasteiger partial charge in [0.05, 0.1) is 5.54 Å². The lowest BCUT2D eigenvalue weighted by Gasteiger charge is -2.31. The minimum atomic E-state index is -0.600. The Bertz CT molecular complexity index is 934. The van der Waals surface area contributed by atoms with Crippen molar-refractivity contribution in [2.75, 3.05) is 5.32 Å². The van der Waals surface area contributed by atoms with E-state index < -0.39 is 5.54 Å². The molecule has 0 amide bonds. The van der Waals surface area contributed by atoms with Gasteiger partial charge in [0, 0.05) is 23.2 Å². The number of hydrogen-bond acceptors (Lipinski definition) is 4. The molecule has 3 aromatic carbocycles. The van der Waals surface area contributed by atoms with Crippen molar-refractivity contribution in [3.63, 3.8) is 0 Å². The first-order valence-corrected chi connectivity index (χ1v) is 9.04. The van der Waals surface area contributed by atoms with Crippen LogP contribution in [0.4, 0.5) is 15.8 Å². The van der Waals surface area contributed by atoms with Crippen molar-refractivity contribution in [2.24, 2.45) is 5.73 Å². The zero-order valence-electron chi connectivity index (χ0n) is 15.9. The summed E-state index contributed by atoms with van der Waals surface area (Å²) in [6.45, 7) is 3.85. The number of anilines is 2. The molecular weight excluding hydrogens is 353 g/mol. The van der Waals surface area contributed by atoms with Crippen molar-refractivity contribution in [3.8, 4) is 5.75 Å². The molecule has 144 valence electrons. The van der Waals surface area contributed by atoms with E-state index in [-0.39, 0.29) is 11.9 Å². The zero-order chi connectivity index (χ0) is 20.1. The number of benzene rings is 3. The van der Waals surface area contributed by atoms with Crippen LogP contribution in [0.5, 0.6) is 5.75 Å². The third-order valence-electron chi connectivity index (χ3n) is 4.33. The first kappa shape index (κ1) is 19.6. The van der Waals surface area contributed by atoms with Gasteiger partial charge in [0.2, 0.25) is 0 Å². The molecule has 0 aliphatic carbocycles. The van der Waals surface area contributed by atoms with E-state index in [1.165, 1.54) is 18.3 Å². The van der Waals surface area contributed by atoms with Crippen LogP contribution in [-0.2, 0) is 0 Å². The molecule has 5 heteroatoms. The van der Waals surface area contributed by atoms with E-state index in [1.54, 1.807) is 18.2 Å². The topological polar surface area (TPSA) is 71.1 Å². The van der Waals surface area contributed by atoms with Gasteiger partial charge in [-0.2, -0.15) is 0 Å². The lowest BCUT2D eigenvalue weighted by Crippen LogP contribution is -2.42. The van der Waals surface area contributed by atoms with Crippen LogP contribution in [0.25, 0.3) is 0 Å². The molecule has 0 heterocycles. The molecule has 0 aromatic heterocycles. The van der Waals surface area contributed by atoms with E-state index in [4.69, 9.17) is 15.9 Å². The zero-order valence-corrected chi connectivity index (χ0v) is 15.9. The summed E-state index contributed by atoms with van der Waals surface area (Å²) in [5.74, 6) is 0.327. The quantitative estimate of drug-likeness (QED) is 0.481. The average Bonchev–Trinajstić information content (AvgIpc) is 2.68. The highest BCUT2D eigenvalue weighted by atomic mass is 19.1. The molecule has 1 atom stereocenters. The summed E-state index contributed by atoms with van der Waals surface area (Å²) in [5.41, 5.74) is 8.88. The number of hydrogen-bond donors (Lipinski definition) is 3.